The zero-order valence-electron chi connectivity index (χ0n) is 34.3. The Bertz CT molecular complexity index is 2090. The summed E-state index contributed by atoms with van der Waals surface area (Å²) in [5.41, 5.74) is 7.89. The maximum absolute atomic E-state index is 13.7. The van der Waals surface area contributed by atoms with Gasteiger partial charge in [0.2, 0.25) is 17.7 Å². The molecule has 0 aliphatic carbocycles. The molecular formula is C43H56N8O6. The van der Waals surface area contributed by atoms with E-state index < -0.39 is 18.2 Å². The highest BCUT2D eigenvalue weighted by atomic mass is 16.5. The fourth-order valence-corrected chi connectivity index (χ4v) is 7.83. The van der Waals surface area contributed by atoms with Crippen LogP contribution in [-0.4, -0.2) is 85.8 Å². The van der Waals surface area contributed by atoms with Crippen LogP contribution in [0.15, 0.2) is 48.8 Å². The molecule has 0 spiro atoms. The number of methoxy groups -OCH3 is 1. The molecule has 4 amide bonds. The van der Waals surface area contributed by atoms with Crippen molar-refractivity contribution < 1.29 is 28.7 Å². The summed E-state index contributed by atoms with van der Waals surface area (Å²) >= 11 is 0. The van der Waals surface area contributed by atoms with E-state index in [1.165, 1.54) is 7.11 Å². The van der Waals surface area contributed by atoms with Crippen molar-refractivity contribution in [3.8, 4) is 33.6 Å². The summed E-state index contributed by atoms with van der Waals surface area (Å²) in [6.07, 6.45) is 4.95. The number of likely N-dealkylation sites (N-methyl/N-ethyl adjacent to an activating group) is 1. The molecular weight excluding hydrogens is 725 g/mol. The van der Waals surface area contributed by atoms with Crippen LogP contribution in [0.25, 0.3) is 33.6 Å². The van der Waals surface area contributed by atoms with Gasteiger partial charge >= 0.3 is 6.09 Å². The van der Waals surface area contributed by atoms with Crippen LogP contribution in [0.2, 0.25) is 0 Å². The zero-order valence-corrected chi connectivity index (χ0v) is 34.3. The minimum Gasteiger partial charge on any atom is -0.453 e. The maximum Gasteiger partial charge on any atom is 0.407 e. The summed E-state index contributed by atoms with van der Waals surface area (Å²) < 4.78 is 11.0. The Kier molecular flexibility index (Phi) is 12.8. The normalized spacial score (nSPS) is 16.7. The highest BCUT2D eigenvalue weighted by molar-refractivity contribution is 5.88. The average Bonchev–Trinajstić information content (AvgIpc) is 3.98. The molecule has 4 atom stereocenters. The van der Waals surface area contributed by atoms with Crippen molar-refractivity contribution >= 4 is 23.8 Å². The van der Waals surface area contributed by atoms with E-state index >= 15 is 0 Å². The van der Waals surface area contributed by atoms with Crippen LogP contribution in [0.4, 0.5) is 4.79 Å². The van der Waals surface area contributed by atoms with Gasteiger partial charge in [0.25, 0.3) is 0 Å². The summed E-state index contributed by atoms with van der Waals surface area (Å²) in [7, 11) is 1.28. The Morgan fingerprint density at radius 3 is 2.07 bits per heavy atom. The molecule has 1 saturated heterocycles. The van der Waals surface area contributed by atoms with Crippen LogP contribution in [0, 0.1) is 11.8 Å². The summed E-state index contributed by atoms with van der Waals surface area (Å²) in [5.74, 6) is 0.797. The van der Waals surface area contributed by atoms with Crippen molar-refractivity contribution in [3.63, 3.8) is 0 Å². The SMILES string of the molecule is CCC(=O)N[C@H](C(=O)N1CCC[C@H]1c1ncc(-c2ccc3c(c2)COCc2cc(-c4cnc([C@H](C)N(CC)C(=O)[C@@H](NC(=O)OC)C(C)C)[nH]4)ccc2-3)[nH]1)C(C)C. The molecule has 4 N–H and O–H groups in total. The Hall–Kier alpha value is -5.50. The summed E-state index contributed by atoms with van der Waals surface area (Å²) in [6.45, 7) is 15.2. The number of imidazole rings is 2. The third kappa shape index (κ3) is 8.75. The number of fused-ring (bicyclic) bond motifs is 3. The molecule has 2 aromatic heterocycles. The van der Waals surface area contributed by atoms with Gasteiger partial charge in [0.15, 0.2) is 0 Å². The van der Waals surface area contributed by atoms with Crippen molar-refractivity contribution in [1.29, 1.82) is 0 Å². The number of aromatic nitrogens is 4. The van der Waals surface area contributed by atoms with Crippen LogP contribution < -0.4 is 10.6 Å². The lowest BCUT2D eigenvalue weighted by Crippen LogP contribution is -2.51. The molecule has 6 rings (SSSR count). The quantitative estimate of drug-likeness (QED) is 0.116. The van der Waals surface area contributed by atoms with Crippen molar-refractivity contribution in [2.75, 3.05) is 20.2 Å². The molecule has 57 heavy (non-hydrogen) atoms. The molecule has 304 valence electrons. The number of H-pyrrole nitrogens is 2. The predicted octanol–water partition coefficient (Wildman–Crippen LogP) is 6.67. The first-order valence-electron chi connectivity index (χ1n) is 20.0. The number of alkyl carbamates (subject to hydrolysis) is 1. The fraction of sp³-hybridized carbons (Fsp3) is 0.488. The van der Waals surface area contributed by atoms with Gasteiger partial charge in [0.05, 0.1) is 56.2 Å². The molecule has 2 aliphatic heterocycles. The number of nitrogens with zero attached hydrogens (tertiary/aromatic N) is 4. The molecule has 4 heterocycles. The monoisotopic (exact) mass is 780 g/mol. The molecule has 0 saturated carbocycles. The number of carbonyl (C=O) groups is 4. The van der Waals surface area contributed by atoms with Gasteiger partial charge in [0.1, 0.15) is 23.7 Å². The zero-order chi connectivity index (χ0) is 41.0. The maximum atomic E-state index is 13.7. The predicted molar refractivity (Wildman–Crippen MR) is 216 cm³/mol. The first-order chi connectivity index (χ1) is 27.3. The highest BCUT2D eigenvalue weighted by Crippen LogP contribution is 2.38. The largest absolute Gasteiger partial charge is 0.453 e. The standard InChI is InChI=1S/C43H56N8O6/c1-9-36(52)48-37(24(3)4)42(54)51-17-11-12-35(51)40-45-21-34(47-40)28-14-16-32-30(19-28)23-57-22-29-18-27(13-15-31(29)32)33-20-44-39(46-33)26(7)50(10-2)41(53)38(25(5)6)49-43(55)56-8/h13-16,18-21,24-26,35,37-38H,9-12,17,22-23H2,1-8H3,(H,44,46)(H,45,47)(H,48,52)(H,49,55)/t26-,35-,37-,38-/m0/s1. The number of amides is 4. The third-order valence-electron chi connectivity index (χ3n) is 11.1. The van der Waals surface area contributed by atoms with Crippen LogP contribution in [0.5, 0.6) is 0 Å². The molecule has 0 bridgehead atoms. The number of benzene rings is 2. The number of hydrogen-bond acceptors (Lipinski definition) is 8. The Balaban J connectivity index is 1.18. The minimum atomic E-state index is -0.736. The van der Waals surface area contributed by atoms with Crippen molar-refractivity contribution in [2.45, 2.75) is 105 Å². The average molecular weight is 781 g/mol. The van der Waals surface area contributed by atoms with E-state index in [1.807, 2.05) is 52.6 Å². The van der Waals surface area contributed by atoms with Crippen molar-refractivity contribution in [1.82, 2.24) is 40.4 Å². The third-order valence-corrected chi connectivity index (χ3v) is 11.1. The van der Waals surface area contributed by atoms with E-state index in [1.54, 1.807) is 18.0 Å². The molecule has 14 heteroatoms. The molecule has 2 aliphatic rings. The van der Waals surface area contributed by atoms with Gasteiger partial charge in [-0.1, -0.05) is 58.9 Å². The smallest absolute Gasteiger partial charge is 0.407 e. The van der Waals surface area contributed by atoms with E-state index in [2.05, 4.69) is 62.0 Å². The lowest BCUT2D eigenvalue weighted by Gasteiger charge is -2.32. The van der Waals surface area contributed by atoms with Gasteiger partial charge in [-0.3, -0.25) is 14.4 Å². The van der Waals surface area contributed by atoms with Gasteiger partial charge in [0, 0.05) is 19.5 Å². The minimum absolute atomic E-state index is 0.0366. The fourth-order valence-electron chi connectivity index (χ4n) is 7.83. The van der Waals surface area contributed by atoms with Crippen molar-refractivity contribution in [3.05, 3.63) is 71.6 Å². The van der Waals surface area contributed by atoms with Crippen LogP contribution in [-0.2, 0) is 37.1 Å². The van der Waals surface area contributed by atoms with Crippen LogP contribution >= 0.6 is 0 Å². The lowest BCUT2D eigenvalue weighted by atomic mass is 9.93. The van der Waals surface area contributed by atoms with E-state index in [9.17, 15) is 19.2 Å². The van der Waals surface area contributed by atoms with Gasteiger partial charge in [-0.05, 0) is 84.0 Å². The molecule has 2 aromatic carbocycles. The van der Waals surface area contributed by atoms with E-state index in [4.69, 9.17) is 14.5 Å². The number of aromatic amines is 2. The molecule has 0 unspecified atom stereocenters. The second-order valence-electron chi connectivity index (χ2n) is 15.6. The Labute approximate surface area is 334 Å². The Morgan fingerprint density at radius 1 is 0.877 bits per heavy atom. The van der Waals surface area contributed by atoms with Crippen LogP contribution in [0.1, 0.15) is 103 Å². The number of carbonyl (C=O) groups excluding carboxylic acids is 4. The molecule has 14 nitrogen and oxygen atoms in total. The number of ether oxygens (including phenoxy) is 2. The summed E-state index contributed by atoms with van der Waals surface area (Å²) in [4.78, 5) is 71.4. The van der Waals surface area contributed by atoms with Crippen LogP contribution in [0.3, 0.4) is 0 Å². The first kappa shape index (κ1) is 41.1. The second-order valence-corrected chi connectivity index (χ2v) is 15.6. The topological polar surface area (TPSA) is 175 Å². The Morgan fingerprint density at radius 2 is 1.49 bits per heavy atom. The number of nitrogens with one attached hydrogen (secondary N) is 4. The van der Waals surface area contributed by atoms with Gasteiger partial charge in [-0.15, -0.1) is 0 Å². The number of likely N-dealkylation sites (tertiary alicyclic amines) is 1. The molecule has 1 fully saturated rings. The summed E-state index contributed by atoms with van der Waals surface area (Å²) in [6, 6.07) is 10.8. The number of hydrogen-bond donors (Lipinski definition) is 4. The van der Waals surface area contributed by atoms with Gasteiger partial charge in [-0.25, -0.2) is 14.8 Å². The van der Waals surface area contributed by atoms with E-state index in [-0.39, 0.29) is 41.6 Å². The van der Waals surface area contributed by atoms with E-state index in [0.29, 0.717) is 38.5 Å². The summed E-state index contributed by atoms with van der Waals surface area (Å²) in [5, 5.41) is 5.60. The van der Waals surface area contributed by atoms with Gasteiger partial charge in [-0.2, -0.15) is 0 Å². The van der Waals surface area contributed by atoms with Gasteiger partial charge < -0.3 is 39.9 Å². The van der Waals surface area contributed by atoms with E-state index in [0.717, 1.165) is 63.4 Å². The molecule has 4 aromatic rings. The second kappa shape index (κ2) is 17.7. The van der Waals surface area contributed by atoms with Crippen molar-refractivity contribution in [2.24, 2.45) is 11.8 Å². The number of rotatable bonds is 13. The highest BCUT2D eigenvalue weighted by Gasteiger charge is 2.37. The molecule has 0 radical (unpaired) electrons. The first-order valence-corrected chi connectivity index (χ1v) is 20.0. The lowest BCUT2D eigenvalue weighted by molar-refractivity contribution is -0.138.